The zero-order chi connectivity index (χ0) is 19.5. The van der Waals surface area contributed by atoms with Gasteiger partial charge in [-0.2, -0.15) is 0 Å². The van der Waals surface area contributed by atoms with Crippen LogP contribution in [0.2, 0.25) is 0 Å². The highest BCUT2D eigenvalue weighted by Crippen LogP contribution is 2.24. The summed E-state index contributed by atoms with van der Waals surface area (Å²) in [6.07, 6.45) is 0.0854. The largest absolute Gasteiger partial charge is 0.483 e. The predicted octanol–water partition coefficient (Wildman–Crippen LogP) is 2.05. The molecule has 3 aromatic rings. The van der Waals surface area contributed by atoms with E-state index in [1.807, 2.05) is 18.2 Å². The summed E-state index contributed by atoms with van der Waals surface area (Å²) < 4.78 is 24.1. The predicted molar refractivity (Wildman–Crippen MR) is 98.0 cm³/mol. The number of para-hydroxylation sites is 1. The maximum Gasteiger partial charge on any atom is 0.260 e. The van der Waals surface area contributed by atoms with Crippen molar-refractivity contribution in [2.24, 2.45) is 0 Å². The fourth-order valence-corrected chi connectivity index (χ4v) is 3.15. The average Bonchev–Trinajstić information content (AvgIpc) is 3.02. The second kappa shape index (κ2) is 7.67. The van der Waals surface area contributed by atoms with Crippen molar-refractivity contribution in [3.63, 3.8) is 0 Å². The molecule has 1 aromatic heterocycles. The van der Waals surface area contributed by atoms with Gasteiger partial charge in [-0.05, 0) is 30.3 Å². The van der Waals surface area contributed by atoms with Gasteiger partial charge in [0.2, 0.25) is 5.91 Å². The molecule has 1 N–H and O–H groups in total. The van der Waals surface area contributed by atoms with Crippen LogP contribution < -0.4 is 10.1 Å². The lowest BCUT2D eigenvalue weighted by molar-refractivity contribution is -0.133. The van der Waals surface area contributed by atoms with Gasteiger partial charge in [-0.25, -0.2) is 4.39 Å². The molecule has 1 aliphatic heterocycles. The lowest BCUT2D eigenvalue weighted by atomic mass is 10.1. The highest BCUT2D eigenvalue weighted by atomic mass is 19.1. The highest BCUT2D eigenvalue weighted by molar-refractivity contribution is 5.86. The van der Waals surface area contributed by atoms with Gasteiger partial charge in [0.1, 0.15) is 17.3 Å². The Bertz CT molecular complexity index is 1030. The third-order valence-corrected chi connectivity index (χ3v) is 4.57. The van der Waals surface area contributed by atoms with E-state index in [-0.39, 0.29) is 43.7 Å². The molecule has 4 rings (SSSR count). The number of carbonyl (C=O) groups is 2. The molecule has 2 amide bonds. The second-order valence-electron chi connectivity index (χ2n) is 6.51. The van der Waals surface area contributed by atoms with E-state index in [2.05, 4.69) is 10.5 Å². The summed E-state index contributed by atoms with van der Waals surface area (Å²) in [5.41, 5.74) is 1.80. The van der Waals surface area contributed by atoms with E-state index in [9.17, 15) is 14.0 Å². The SMILES string of the molecule is O=C(Cc1noc2ccccc12)NCCN1Cc2cc(F)ccc2OCC1=O. The highest BCUT2D eigenvalue weighted by Gasteiger charge is 2.22. The van der Waals surface area contributed by atoms with Crippen molar-refractivity contribution in [2.75, 3.05) is 19.7 Å². The van der Waals surface area contributed by atoms with Crippen LogP contribution in [0.1, 0.15) is 11.3 Å². The first-order valence-corrected chi connectivity index (χ1v) is 8.89. The molecule has 2 aromatic carbocycles. The Morgan fingerprint density at radius 2 is 2.11 bits per heavy atom. The number of hydrogen-bond acceptors (Lipinski definition) is 5. The average molecular weight is 383 g/mol. The summed E-state index contributed by atoms with van der Waals surface area (Å²) in [6.45, 7) is 0.682. The van der Waals surface area contributed by atoms with Crippen molar-refractivity contribution in [1.29, 1.82) is 0 Å². The summed E-state index contributed by atoms with van der Waals surface area (Å²) in [7, 11) is 0. The van der Waals surface area contributed by atoms with Crippen LogP contribution in [0.4, 0.5) is 4.39 Å². The number of ether oxygens (including phenoxy) is 1. The number of nitrogens with one attached hydrogen (secondary N) is 1. The van der Waals surface area contributed by atoms with Crippen LogP contribution in [0.5, 0.6) is 5.75 Å². The molecule has 0 fully saturated rings. The second-order valence-corrected chi connectivity index (χ2v) is 6.51. The van der Waals surface area contributed by atoms with E-state index < -0.39 is 0 Å². The molecular weight excluding hydrogens is 365 g/mol. The first-order valence-electron chi connectivity index (χ1n) is 8.89. The number of hydrogen-bond donors (Lipinski definition) is 1. The Morgan fingerprint density at radius 1 is 1.25 bits per heavy atom. The van der Waals surface area contributed by atoms with Crippen LogP contribution in [0.15, 0.2) is 47.0 Å². The molecule has 0 unspecified atom stereocenters. The monoisotopic (exact) mass is 383 g/mol. The quantitative estimate of drug-likeness (QED) is 0.729. The van der Waals surface area contributed by atoms with Crippen LogP contribution >= 0.6 is 0 Å². The van der Waals surface area contributed by atoms with Gasteiger partial charge in [0.05, 0.1) is 6.42 Å². The molecule has 0 bridgehead atoms. The van der Waals surface area contributed by atoms with E-state index in [4.69, 9.17) is 9.26 Å². The first kappa shape index (κ1) is 18.0. The lowest BCUT2D eigenvalue weighted by Gasteiger charge is -2.20. The third-order valence-electron chi connectivity index (χ3n) is 4.57. The first-order chi connectivity index (χ1) is 13.6. The number of carbonyl (C=O) groups excluding carboxylic acids is 2. The molecule has 28 heavy (non-hydrogen) atoms. The number of rotatable bonds is 5. The van der Waals surface area contributed by atoms with Crippen LogP contribution in [0.25, 0.3) is 11.0 Å². The van der Waals surface area contributed by atoms with Gasteiger partial charge in [-0.3, -0.25) is 9.59 Å². The van der Waals surface area contributed by atoms with Crippen molar-refractivity contribution < 1.29 is 23.2 Å². The van der Waals surface area contributed by atoms with Gasteiger partial charge in [0.15, 0.2) is 12.2 Å². The topological polar surface area (TPSA) is 84.7 Å². The Balaban J connectivity index is 1.34. The van der Waals surface area contributed by atoms with Gasteiger partial charge < -0.3 is 19.5 Å². The van der Waals surface area contributed by atoms with Gasteiger partial charge in [-0.1, -0.05) is 17.3 Å². The zero-order valence-electron chi connectivity index (χ0n) is 15.0. The molecule has 8 heteroatoms. The normalized spacial score (nSPS) is 13.8. The van der Waals surface area contributed by atoms with E-state index in [0.29, 0.717) is 29.1 Å². The molecule has 1 aliphatic rings. The van der Waals surface area contributed by atoms with Crippen LogP contribution in [-0.2, 0) is 22.6 Å². The summed E-state index contributed by atoms with van der Waals surface area (Å²) >= 11 is 0. The molecule has 144 valence electrons. The molecule has 0 saturated carbocycles. The summed E-state index contributed by atoms with van der Waals surface area (Å²) in [4.78, 5) is 26.0. The standard InChI is InChI=1S/C20H18FN3O4/c21-14-5-6-17-13(9-14)11-24(20(26)12-27-17)8-7-22-19(25)10-16-15-3-1-2-4-18(15)28-23-16/h1-6,9H,7-8,10-12H2,(H,22,25). The maximum atomic E-state index is 13.5. The van der Waals surface area contributed by atoms with Crippen LogP contribution in [0, 0.1) is 5.82 Å². The number of aromatic nitrogens is 1. The summed E-state index contributed by atoms with van der Waals surface area (Å²) in [5.74, 6) is -0.318. The van der Waals surface area contributed by atoms with Gasteiger partial charge in [0, 0.05) is 30.6 Å². The molecule has 2 heterocycles. The van der Waals surface area contributed by atoms with Crippen molar-refractivity contribution in [3.05, 3.63) is 59.5 Å². The minimum absolute atomic E-state index is 0.0854. The van der Waals surface area contributed by atoms with Crippen molar-refractivity contribution in [3.8, 4) is 5.75 Å². The zero-order valence-corrected chi connectivity index (χ0v) is 15.0. The van der Waals surface area contributed by atoms with E-state index >= 15 is 0 Å². The molecular formula is C20H18FN3O4. The van der Waals surface area contributed by atoms with Crippen molar-refractivity contribution in [1.82, 2.24) is 15.4 Å². The minimum atomic E-state index is -0.384. The van der Waals surface area contributed by atoms with Crippen LogP contribution in [-0.4, -0.2) is 41.6 Å². The van der Waals surface area contributed by atoms with Crippen molar-refractivity contribution >= 4 is 22.8 Å². The minimum Gasteiger partial charge on any atom is -0.483 e. The summed E-state index contributed by atoms with van der Waals surface area (Å²) in [5, 5.41) is 7.52. The smallest absolute Gasteiger partial charge is 0.260 e. The molecule has 0 aliphatic carbocycles. The molecule has 0 atom stereocenters. The third kappa shape index (κ3) is 3.80. The Labute approximate surface area is 160 Å². The number of fused-ring (bicyclic) bond motifs is 2. The number of amides is 2. The Hall–Kier alpha value is -3.42. The Kier molecular flexibility index (Phi) is 4.92. The molecule has 0 spiro atoms. The van der Waals surface area contributed by atoms with Crippen LogP contribution in [0.3, 0.4) is 0 Å². The molecule has 0 radical (unpaired) electrons. The summed E-state index contributed by atoms with van der Waals surface area (Å²) in [6, 6.07) is 11.5. The van der Waals surface area contributed by atoms with E-state index in [1.165, 1.54) is 23.1 Å². The van der Waals surface area contributed by atoms with Gasteiger partial charge in [-0.15, -0.1) is 0 Å². The maximum absolute atomic E-state index is 13.5. The Morgan fingerprint density at radius 3 is 3.00 bits per heavy atom. The number of halogens is 1. The molecule has 7 nitrogen and oxygen atoms in total. The molecule has 0 saturated heterocycles. The fraction of sp³-hybridized carbons (Fsp3) is 0.250. The number of nitrogens with zero attached hydrogens (tertiary/aromatic N) is 2. The van der Waals surface area contributed by atoms with Gasteiger partial charge >= 0.3 is 0 Å². The van der Waals surface area contributed by atoms with Gasteiger partial charge in [0.25, 0.3) is 5.91 Å². The van der Waals surface area contributed by atoms with E-state index in [1.54, 1.807) is 6.07 Å². The fourth-order valence-electron chi connectivity index (χ4n) is 3.15. The van der Waals surface area contributed by atoms with Crippen molar-refractivity contribution in [2.45, 2.75) is 13.0 Å². The van der Waals surface area contributed by atoms with E-state index in [0.717, 1.165) is 5.39 Å². The lowest BCUT2D eigenvalue weighted by Crippen LogP contribution is -2.39. The number of benzene rings is 2.